The zero-order valence-corrected chi connectivity index (χ0v) is 11.7. The second kappa shape index (κ2) is 4.86. The molecule has 2 N–H and O–H groups in total. The van der Waals surface area contributed by atoms with E-state index in [9.17, 15) is 0 Å². The summed E-state index contributed by atoms with van der Waals surface area (Å²) in [6.07, 6.45) is 6.49. The fraction of sp³-hybridized carbons (Fsp3) is 0.562. The predicted octanol–water partition coefficient (Wildman–Crippen LogP) is 2.26. The lowest BCUT2D eigenvalue weighted by Gasteiger charge is -2.33. The Labute approximate surface area is 118 Å². The number of H-pyrrole nitrogens is 1. The molecule has 0 radical (unpaired) electrons. The fourth-order valence-electron chi connectivity index (χ4n) is 3.68. The lowest BCUT2D eigenvalue weighted by Crippen LogP contribution is -2.41. The van der Waals surface area contributed by atoms with Gasteiger partial charge in [-0.15, -0.1) is 0 Å². The molecular weight excluding hydrogens is 250 g/mol. The molecule has 0 saturated carbocycles. The van der Waals surface area contributed by atoms with E-state index in [0.717, 1.165) is 44.6 Å². The molecule has 2 aliphatic rings. The van der Waals surface area contributed by atoms with Gasteiger partial charge >= 0.3 is 0 Å². The molecule has 2 saturated heterocycles. The van der Waals surface area contributed by atoms with Gasteiger partial charge in [-0.05, 0) is 62.9 Å². The topological polar surface area (TPSA) is 49.9 Å². The van der Waals surface area contributed by atoms with Gasteiger partial charge in [0.1, 0.15) is 5.65 Å². The number of hydrogen-bond donors (Lipinski definition) is 2. The molecule has 4 heterocycles. The Morgan fingerprint density at radius 1 is 1.25 bits per heavy atom. The highest BCUT2D eigenvalue weighted by Gasteiger charge is 2.40. The molecule has 4 nitrogen and oxygen atoms in total. The van der Waals surface area contributed by atoms with Gasteiger partial charge in [0.2, 0.25) is 0 Å². The average Bonchev–Trinajstić information content (AvgIpc) is 3.07. The van der Waals surface area contributed by atoms with E-state index in [-0.39, 0.29) is 5.60 Å². The quantitative estimate of drug-likeness (QED) is 0.881. The van der Waals surface area contributed by atoms with E-state index in [1.54, 1.807) is 0 Å². The van der Waals surface area contributed by atoms with Crippen molar-refractivity contribution in [1.29, 1.82) is 0 Å². The Morgan fingerprint density at radius 3 is 3.05 bits per heavy atom. The molecule has 20 heavy (non-hydrogen) atoms. The normalized spacial score (nSPS) is 25.5. The van der Waals surface area contributed by atoms with Crippen molar-refractivity contribution < 1.29 is 4.74 Å². The molecule has 2 aromatic heterocycles. The van der Waals surface area contributed by atoms with E-state index in [1.807, 2.05) is 6.20 Å². The van der Waals surface area contributed by atoms with E-state index < -0.39 is 0 Å². The summed E-state index contributed by atoms with van der Waals surface area (Å²) in [5, 5.41) is 4.61. The number of aromatic nitrogens is 2. The van der Waals surface area contributed by atoms with Gasteiger partial charge in [0.15, 0.2) is 0 Å². The van der Waals surface area contributed by atoms with Crippen LogP contribution in [-0.4, -0.2) is 35.3 Å². The molecule has 4 heteroatoms. The van der Waals surface area contributed by atoms with Gasteiger partial charge in [0.25, 0.3) is 0 Å². The summed E-state index contributed by atoms with van der Waals surface area (Å²) in [6.45, 7) is 3.09. The predicted molar refractivity (Wildman–Crippen MR) is 78.7 cm³/mol. The van der Waals surface area contributed by atoms with E-state index >= 15 is 0 Å². The third kappa shape index (κ3) is 2.23. The summed E-state index contributed by atoms with van der Waals surface area (Å²) < 4.78 is 6.16. The number of nitrogens with zero attached hydrogens (tertiary/aromatic N) is 1. The van der Waals surface area contributed by atoms with Crippen LogP contribution in [0.15, 0.2) is 24.4 Å². The Hall–Kier alpha value is -1.39. The Bertz CT molecular complexity index is 601. The van der Waals surface area contributed by atoms with Gasteiger partial charge in [0, 0.05) is 17.3 Å². The maximum atomic E-state index is 6.16. The minimum Gasteiger partial charge on any atom is -0.375 e. The van der Waals surface area contributed by atoms with Crippen LogP contribution in [0.25, 0.3) is 11.0 Å². The van der Waals surface area contributed by atoms with Gasteiger partial charge in [-0.2, -0.15) is 0 Å². The summed E-state index contributed by atoms with van der Waals surface area (Å²) >= 11 is 0. The molecule has 0 aromatic carbocycles. The molecule has 4 rings (SSSR count). The van der Waals surface area contributed by atoms with Gasteiger partial charge in [0.05, 0.1) is 12.2 Å². The van der Waals surface area contributed by atoms with Crippen molar-refractivity contribution >= 4 is 11.0 Å². The minimum absolute atomic E-state index is 0.159. The molecule has 1 spiro atoms. The Morgan fingerprint density at radius 2 is 2.15 bits per heavy atom. The summed E-state index contributed by atoms with van der Waals surface area (Å²) in [4.78, 5) is 7.90. The number of aromatic amines is 1. The first-order chi connectivity index (χ1) is 9.83. The van der Waals surface area contributed by atoms with Crippen molar-refractivity contribution in [3.63, 3.8) is 0 Å². The van der Waals surface area contributed by atoms with Gasteiger partial charge in [-0.25, -0.2) is 4.98 Å². The number of hydrogen-bond acceptors (Lipinski definition) is 3. The van der Waals surface area contributed by atoms with Crippen LogP contribution >= 0.6 is 0 Å². The first-order valence-electron chi connectivity index (χ1n) is 7.61. The molecule has 0 amide bonds. The van der Waals surface area contributed by atoms with E-state index in [4.69, 9.17) is 9.72 Å². The van der Waals surface area contributed by atoms with Crippen LogP contribution in [0.2, 0.25) is 0 Å². The summed E-state index contributed by atoms with van der Waals surface area (Å²) in [7, 11) is 0. The van der Waals surface area contributed by atoms with E-state index in [2.05, 4.69) is 28.5 Å². The van der Waals surface area contributed by atoms with Gasteiger partial charge < -0.3 is 15.0 Å². The second-order valence-corrected chi connectivity index (χ2v) is 6.24. The number of rotatable bonds is 2. The Kier molecular flexibility index (Phi) is 3.00. The zero-order valence-electron chi connectivity index (χ0n) is 11.7. The van der Waals surface area contributed by atoms with Crippen molar-refractivity contribution in [1.82, 2.24) is 15.3 Å². The SMILES string of the molecule is c1cc2ccc(C[C@@H]3COC4(CCNCC4)C3)nc2[nH]1. The third-order valence-corrected chi connectivity index (χ3v) is 4.77. The molecule has 2 fully saturated rings. The van der Waals surface area contributed by atoms with Crippen molar-refractivity contribution in [2.75, 3.05) is 19.7 Å². The van der Waals surface area contributed by atoms with Crippen LogP contribution in [0.4, 0.5) is 0 Å². The highest BCUT2D eigenvalue weighted by molar-refractivity contribution is 5.75. The van der Waals surface area contributed by atoms with Crippen LogP contribution in [0.3, 0.4) is 0 Å². The molecule has 0 aliphatic carbocycles. The van der Waals surface area contributed by atoms with E-state index in [1.165, 1.54) is 17.5 Å². The van der Waals surface area contributed by atoms with Crippen molar-refractivity contribution in [2.45, 2.75) is 31.3 Å². The maximum absolute atomic E-state index is 6.16. The fourth-order valence-corrected chi connectivity index (χ4v) is 3.68. The number of fused-ring (bicyclic) bond motifs is 1. The summed E-state index contributed by atoms with van der Waals surface area (Å²) in [5.74, 6) is 0.619. The molecule has 106 valence electrons. The second-order valence-electron chi connectivity index (χ2n) is 6.24. The van der Waals surface area contributed by atoms with Crippen LogP contribution in [0.1, 0.15) is 25.0 Å². The largest absolute Gasteiger partial charge is 0.375 e. The van der Waals surface area contributed by atoms with Crippen LogP contribution in [0.5, 0.6) is 0 Å². The van der Waals surface area contributed by atoms with Crippen molar-refractivity contribution in [3.05, 3.63) is 30.1 Å². The number of nitrogens with one attached hydrogen (secondary N) is 2. The monoisotopic (exact) mass is 271 g/mol. The first-order valence-corrected chi connectivity index (χ1v) is 7.61. The molecule has 1 atom stereocenters. The number of pyridine rings is 1. The molecule has 2 aromatic rings. The molecule has 0 bridgehead atoms. The molecule has 2 aliphatic heterocycles. The average molecular weight is 271 g/mol. The lowest BCUT2D eigenvalue weighted by atomic mass is 9.85. The summed E-state index contributed by atoms with van der Waals surface area (Å²) in [6, 6.07) is 6.38. The van der Waals surface area contributed by atoms with Crippen LogP contribution < -0.4 is 5.32 Å². The third-order valence-electron chi connectivity index (χ3n) is 4.77. The van der Waals surface area contributed by atoms with Crippen LogP contribution in [0, 0.1) is 5.92 Å². The smallest absolute Gasteiger partial charge is 0.137 e. The first kappa shape index (κ1) is 12.4. The lowest BCUT2D eigenvalue weighted by molar-refractivity contribution is -0.0196. The maximum Gasteiger partial charge on any atom is 0.137 e. The van der Waals surface area contributed by atoms with Crippen LogP contribution in [-0.2, 0) is 11.2 Å². The van der Waals surface area contributed by atoms with Gasteiger partial charge in [-0.1, -0.05) is 0 Å². The van der Waals surface area contributed by atoms with Crippen molar-refractivity contribution in [2.24, 2.45) is 5.92 Å². The van der Waals surface area contributed by atoms with Gasteiger partial charge in [-0.3, -0.25) is 0 Å². The number of ether oxygens (including phenoxy) is 1. The molecular formula is C16H21N3O. The molecule has 0 unspecified atom stereocenters. The van der Waals surface area contributed by atoms with E-state index in [0.29, 0.717) is 5.92 Å². The Balaban J connectivity index is 1.46. The summed E-state index contributed by atoms with van der Waals surface area (Å²) in [5.41, 5.74) is 2.34. The standard InChI is InChI=1S/C16H21N3O/c1-2-14(19-15-13(1)3-6-18-15)9-12-10-16(20-11-12)4-7-17-8-5-16/h1-3,6,12,17H,4-5,7-11H2,(H,18,19)/t12-/m0/s1. The zero-order chi connectivity index (χ0) is 13.4. The van der Waals surface area contributed by atoms with Crippen molar-refractivity contribution in [3.8, 4) is 0 Å². The highest BCUT2D eigenvalue weighted by atomic mass is 16.5. The number of piperidine rings is 1. The highest BCUT2D eigenvalue weighted by Crippen LogP contribution is 2.38. The minimum atomic E-state index is 0.159.